The van der Waals surface area contributed by atoms with Crippen molar-refractivity contribution in [2.75, 3.05) is 24.6 Å². The van der Waals surface area contributed by atoms with Gasteiger partial charge in [0.05, 0.1) is 48.1 Å². The molecule has 0 radical (unpaired) electrons. The molecule has 14 heteroatoms. The van der Waals surface area contributed by atoms with E-state index in [0.717, 1.165) is 0 Å². The fraction of sp³-hybridized carbons (Fsp3) is 0.379. The van der Waals surface area contributed by atoms with Gasteiger partial charge in [-0.15, -0.1) is 5.10 Å². The minimum absolute atomic E-state index is 0.0529. The Hall–Kier alpha value is -5.19. The molecule has 2 aliphatic heterocycles. The maximum atomic E-state index is 15.9. The number of piperazine rings is 1. The Morgan fingerprint density at radius 3 is 2.86 bits per heavy atom. The third-order valence-corrected chi connectivity index (χ3v) is 7.74. The highest BCUT2D eigenvalue weighted by atomic mass is 19.1. The first kappa shape index (κ1) is 28.0. The number of carbonyl (C=O) groups is 1. The van der Waals surface area contributed by atoms with Crippen molar-refractivity contribution in [2.45, 2.75) is 51.6 Å². The third-order valence-electron chi connectivity index (χ3n) is 7.74. The molecule has 2 atom stereocenters. The Bertz CT molecular complexity index is 1860. The van der Waals surface area contributed by atoms with Gasteiger partial charge in [-0.05, 0) is 25.0 Å². The summed E-state index contributed by atoms with van der Waals surface area (Å²) in [4.78, 5) is 43.8. The zero-order chi connectivity index (χ0) is 30.4. The summed E-state index contributed by atoms with van der Waals surface area (Å²) in [7, 11) is 0. The van der Waals surface area contributed by atoms with E-state index in [2.05, 4.69) is 37.9 Å². The number of amides is 1. The topological polar surface area (TPSA) is 148 Å². The van der Waals surface area contributed by atoms with Crippen LogP contribution in [0, 0.1) is 17.1 Å². The number of pyridine rings is 2. The molecule has 0 aromatic carbocycles. The molecule has 1 saturated heterocycles. The molecular weight excluding hydrogens is 555 g/mol. The van der Waals surface area contributed by atoms with E-state index in [-0.39, 0.29) is 66.7 Å². The number of halogens is 1. The molecule has 0 saturated carbocycles. The van der Waals surface area contributed by atoms with Gasteiger partial charge in [-0.3, -0.25) is 9.78 Å². The largest absolute Gasteiger partial charge is 0.491 e. The number of rotatable bonds is 4. The highest BCUT2D eigenvalue weighted by molar-refractivity contribution is 5.90. The van der Waals surface area contributed by atoms with E-state index in [1.165, 1.54) is 21.4 Å². The lowest BCUT2D eigenvalue weighted by Crippen LogP contribution is -2.59. The van der Waals surface area contributed by atoms with Crippen molar-refractivity contribution in [3.05, 3.63) is 64.9 Å². The summed E-state index contributed by atoms with van der Waals surface area (Å²) in [6.07, 6.45) is 4.85. The van der Waals surface area contributed by atoms with Crippen LogP contribution < -0.4 is 15.3 Å². The van der Waals surface area contributed by atoms with Crippen LogP contribution in [-0.2, 0) is 11.2 Å². The summed E-state index contributed by atoms with van der Waals surface area (Å²) in [6, 6.07) is 4.25. The summed E-state index contributed by atoms with van der Waals surface area (Å²) >= 11 is 0. The zero-order valence-electron chi connectivity index (χ0n) is 23.9. The minimum Gasteiger partial charge on any atom is -0.491 e. The van der Waals surface area contributed by atoms with Gasteiger partial charge in [-0.25, -0.2) is 18.7 Å². The highest BCUT2D eigenvalue weighted by Crippen LogP contribution is 2.35. The number of carbonyl (C=O) groups excluding carboxylic acids is 1. The van der Waals surface area contributed by atoms with Crippen LogP contribution in [0.15, 0.2) is 42.0 Å². The first-order valence-corrected chi connectivity index (χ1v) is 13.9. The van der Waals surface area contributed by atoms with Crippen LogP contribution in [0.2, 0.25) is 0 Å². The van der Waals surface area contributed by atoms with Crippen molar-refractivity contribution >= 4 is 22.8 Å². The Morgan fingerprint density at radius 1 is 1.30 bits per heavy atom. The minimum atomic E-state index is -0.692. The first-order chi connectivity index (χ1) is 20.7. The molecule has 220 valence electrons. The number of anilines is 1. The number of fused-ring (bicyclic) bond motifs is 6. The summed E-state index contributed by atoms with van der Waals surface area (Å²) in [5.41, 5.74) is 0.989. The van der Waals surface area contributed by atoms with Crippen LogP contribution in [0.5, 0.6) is 5.75 Å². The summed E-state index contributed by atoms with van der Waals surface area (Å²) < 4.78 is 24.6. The van der Waals surface area contributed by atoms with E-state index in [9.17, 15) is 14.9 Å². The third kappa shape index (κ3) is 4.76. The predicted octanol–water partition coefficient (Wildman–Crippen LogP) is 2.46. The number of hydrogen-bond donors (Lipinski definition) is 0. The van der Waals surface area contributed by atoms with E-state index >= 15 is 4.39 Å². The molecule has 0 N–H and O–H groups in total. The zero-order valence-corrected chi connectivity index (χ0v) is 23.9. The van der Waals surface area contributed by atoms with Crippen LogP contribution >= 0.6 is 0 Å². The van der Waals surface area contributed by atoms with Crippen molar-refractivity contribution in [1.82, 2.24) is 39.4 Å². The molecule has 1 amide bonds. The van der Waals surface area contributed by atoms with Gasteiger partial charge in [0, 0.05) is 37.8 Å². The Balaban J connectivity index is 1.64. The SMILES string of the molecule is C=CC(=O)N1CC(C)N(c2nc(=O)n3c4nc(c(F)cc24)-n2cc(nn2)CCOc2ccnc(C(C)C)c2-3)CC1CC#N. The predicted molar refractivity (Wildman–Crippen MR) is 154 cm³/mol. The maximum absolute atomic E-state index is 15.9. The number of hydrogen-bond acceptors (Lipinski definition) is 10. The quantitative estimate of drug-likeness (QED) is 0.328. The van der Waals surface area contributed by atoms with E-state index in [1.807, 2.05) is 25.7 Å². The van der Waals surface area contributed by atoms with Gasteiger partial charge in [0.1, 0.15) is 17.3 Å². The Kier molecular flexibility index (Phi) is 7.09. The standard InChI is InChI=1S/C29H29FN10O3/c1-5-23(41)38-13-17(4)37(15-19(38)6-9-31)26-20-12-21(30)28-33-27(20)40(29(42)34-26)25-22(7-10-32-24(25)16(2)3)43-11-8-18-14-39(28)36-35-18/h5,7,10,12,14,16-17,19H,1,6,8,11,13,15H2,2-4H3. The van der Waals surface area contributed by atoms with Crippen molar-refractivity contribution in [3.63, 3.8) is 0 Å². The second-order valence-electron chi connectivity index (χ2n) is 10.9. The van der Waals surface area contributed by atoms with Gasteiger partial charge in [-0.1, -0.05) is 25.6 Å². The van der Waals surface area contributed by atoms with Crippen LogP contribution in [-0.4, -0.2) is 77.1 Å². The van der Waals surface area contributed by atoms with E-state index < -0.39 is 17.5 Å². The number of nitriles is 1. The maximum Gasteiger partial charge on any atom is 0.356 e. The number of ether oxygens (including phenoxy) is 1. The molecule has 0 aliphatic carbocycles. The molecular formula is C29H29FN10O3. The molecule has 43 heavy (non-hydrogen) atoms. The van der Waals surface area contributed by atoms with Gasteiger partial charge in [0.25, 0.3) is 0 Å². The average Bonchev–Trinajstić information content (AvgIpc) is 3.45. The molecule has 6 heterocycles. The molecule has 13 nitrogen and oxygen atoms in total. The van der Waals surface area contributed by atoms with Crippen LogP contribution in [0.4, 0.5) is 10.2 Å². The lowest BCUT2D eigenvalue weighted by molar-refractivity contribution is -0.129. The van der Waals surface area contributed by atoms with E-state index in [0.29, 0.717) is 29.2 Å². The van der Waals surface area contributed by atoms with Crippen LogP contribution in [0.3, 0.4) is 0 Å². The van der Waals surface area contributed by atoms with Crippen LogP contribution in [0.1, 0.15) is 44.5 Å². The molecule has 4 bridgehead atoms. The molecule has 6 rings (SSSR count). The first-order valence-electron chi connectivity index (χ1n) is 13.9. The molecule has 2 unspecified atom stereocenters. The van der Waals surface area contributed by atoms with Crippen molar-refractivity contribution < 1.29 is 13.9 Å². The Labute approximate surface area is 245 Å². The molecule has 4 aromatic rings. The second-order valence-corrected chi connectivity index (χ2v) is 10.9. The smallest absolute Gasteiger partial charge is 0.356 e. The number of nitrogens with zero attached hydrogens (tertiary/aromatic N) is 10. The van der Waals surface area contributed by atoms with Crippen molar-refractivity contribution in [1.29, 1.82) is 5.26 Å². The molecule has 0 spiro atoms. The van der Waals surface area contributed by atoms with Gasteiger partial charge in [-0.2, -0.15) is 14.9 Å². The average molecular weight is 585 g/mol. The van der Waals surface area contributed by atoms with Gasteiger partial charge >= 0.3 is 5.69 Å². The summed E-state index contributed by atoms with van der Waals surface area (Å²) in [5.74, 6) is -0.635. The molecule has 2 aliphatic rings. The highest BCUT2D eigenvalue weighted by Gasteiger charge is 2.36. The van der Waals surface area contributed by atoms with Crippen molar-refractivity contribution in [2.24, 2.45) is 0 Å². The lowest BCUT2D eigenvalue weighted by atomic mass is 10.0. The molecule has 1 fully saturated rings. The van der Waals surface area contributed by atoms with Crippen molar-refractivity contribution in [3.8, 4) is 23.3 Å². The summed E-state index contributed by atoms with van der Waals surface area (Å²) in [6.45, 7) is 10.0. The van der Waals surface area contributed by atoms with Gasteiger partial charge in [0.15, 0.2) is 17.3 Å². The van der Waals surface area contributed by atoms with E-state index in [1.54, 1.807) is 23.4 Å². The molecule has 4 aromatic heterocycles. The fourth-order valence-electron chi connectivity index (χ4n) is 5.68. The number of aromatic nitrogens is 7. The monoisotopic (exact) mass is 584 g/mol. The second kappa shape index (κ2) is 10.9. The fourth-order valence-corrected chi connectivity index (χ4v) is 5.68. The summed E-state index contributed by atoms with van der Waals surface area (Å²) in [5, 5.41) is 18.0. The normalized spacial score (nSPS) is 18.0. The van der Waals surface area contributed by atoms with Gasteiger partial charge < -0.3 is 14.5 Å². The Morgan fingerprint density at radius 2 is 2.12 bits per heavy atom. The lowest BCUT2D eigenvalue weighted by Gasteiger charge is -2.45. The van der Waals surface area contributed by atoms with E-state index in [4.69, 9.17) is 4.74 Å². The van der Waals surface area contributed by atoms with Gasteiger partial charge in [0.2, 0.25) is 5.91 Å². The van der Waals surface area contributed by atoms with Crippen LogP contribution in [0.25, 0.3) is 22.5 Å².